The third-order valence-corrected chi connectivity index (χ3v) is 7.90. The molecule has 9 nitrogen and oxygen atoms in total. The fourth-order valence-electron chi connectivity index (χ4n) is 3.58. The van der Waals surface area contributed by atoms with Crippen molar-refractivity contribution in [2.24, 2.45) is 0 Å². The predicted molar refractivity (Wildman–Crippen MR) is 129 cm³/mol. The number of alkyl halides is 3. The topological polar surface area (TPSA) is 127 Å². The van der Waals surface area contributed by atoms with Gasteiger partial charge in [0.2, 0.25) is 10.0 Å². The Morgan fingerprint density at radius 1 is 1.29 bits per heavy atom. The van der Waals surface area contributed by atoms with Crippen molar-refractivity contribution in [3.05, 3.63) is 58.5 Å². The van der Waals surface area contributed by atoms with Crippen molar-refractivity contribution in [3.8, 4) is 22.6 Å². The molecular weight excluding hydrogens is 550 g/mol. The van der Waals surface area contributed by atoms with Crippen molar-refractivity contribution < 1.29 is 35.5 Å². The second kappa shape index (κ2) is 9.78. The van der Waals surface area contributed by atoms with Gasteiger partial charge in [-0.3, -0.25) is 9.55 Å². The number of halogens is 4. The summed E-state index contributed by atoms with van der Waals surface area (Å²) >= 11 is 1.03. The van der Waals surface area contributed by atoms with E-state index in [4.69, 9.17) is 4.74 Å². The number of carbonyl (C=O) groups is 1. The van der Waals surface area contributed by atoms with E-state index in [-0.39, 0.29) is 38.7 Å². The molecule has 198 valence electrons. The van der Waals surface area contributed by atoms with Crippen molar-refractivity contribution in [2.45, 2.75) is 31.0 Å². The quantitative estimate of drug-likeness (QED) is 0.269. The van der Waals surface area contributed by atoms with Gasteiger partial charge in [-0.05, 0) is 43.7 Å². The van der Waals surface area contributed by atoms with Gasteiger partial charge in [-0.15, -0.1) is 11.3 Å². The number of benzene rings is 1. The molecule has 0 aliphatic carbocycles. The molecule has 1 N–H and O–H groups in total. The lowest BCUT2D eigenvalue weighted by molar-refractivity contribution is -0.147. The summed E-state index contributed by atoms with van der Waals surface area (Å²) in [5.41, 5.74) is 0.751. The predicted octanol–water partition coefficient (Wildman–Crippen LogP) is 4.48. The summed E-state index contributed by atoms with van der Waals surface area (Å²) in [6.45, 7) is 2.18. The summed E-state index contributed by atoms with van der Waals surface area (Å²) in [5.74, 6) is -1.28. The van der Waals surface area contributed by atoms with Crippen LogP contribution in [0.2, 0.25) is 0 Å². The first-order valence-corrected chi connectivity index (χ1v) is 13.0. The Kier molecular flexibility index (Phi) is 6.99. The van der Waals surface area contributed by atoms with Gasteiger partial charge in [-0.25, -0.2) is 22.6 Å². The van der Waals surface area contributed by atoms with E-state index in [9.17, 15) is 36.0 Å². The molecule has 1 aromatic carbocycles. The Morgan fingerprint density at radius 3 is 2.58 bits per heavy atom. The number of methoxy groups -OCH3 is 1. The number of aryl methyl sites for hydroxylation is 1. The monoisotopic (exact) mass is 567 g/mol. The number of sulfonamides is 1. The molecule has 0 unspecified atom stereocenters. The number of fused-ring (bicyclic) bond motifs is 1. The van der Waals surface area contributed by atoms with Gasteiger partial charge < -0.3 is 4.74 Å². The van der Waals surface area contributed by atoms with Crippen molar-refractivity contribution in [2.75, 3.05) is 7.11 Å². The zero-order valence-corrected chi connectivity index (χ0v) is 21.4. The molecule has 0 aliphatic heterocycles. The Balaban J connectivity index is 1.91. The van der Waals surface area contributed by atoms with Crippen molar-refractivity contribution >= 4 is 38.2 Å². The van der Waals surface area contributed by atoms with Gasteiger partial charge in [0, 0.05) is 17.0 Å². The third-order valence-electron chi connectivity index (χ3n) is 5.55. The van der Waals surface area contributed by atoms with Gasteiger partial charge in [0.1, 0.15) is 22.8 Å². The van der Waals surface area contributed by atoms with Crippen LogP contribution in [0.5, 0.6) is 0 Å². The minimum atomic E-state index is -4.80. The van der Waals surface area contributed by atoms with Crippen molar-refractivity contribution in [3.63, 3.8) is 0 Å². The lowest BCUT2D eigenvalue weighted by atomic mass is 10.1. The molecule has 0 spiro atoms. The number of carbonyl (C=O) groups excluding carboxylic acids is 1. The number of nitriles is 1. The van der Waals surface area contributed by atoms with Gasteiger partial charge in [0.15, 0.2) is 10.8 Å². The highest BCUT2D eigenvalue weighted by atomic mass is 32.2. The molecule has 0 amide bonds. The molecule has 0 fully saturated rings. The van der Waals surface area contributed by atoms with Gasteiger partial charge in [0.25, 0.3) is 0 Å². The van der Waals surface area contributed by atoms with E-state index in [1.54, 1.807) is 4.72 Å². The van der Waals surface area contributed by atoms with Crippen molar-refractivity contribution in [1.82, 2.24) is 19.3 Å². The fourth-order valence-corrected chi connectivity index (χ4v) is 5.56. The Hall–Kier alpha value is -3.87. The molecular formula is C23H17F4N5O4S2. The smallest absolute Gasteiger partial charge is 0.404 e. The number of rotatable bonds is 6. The molecule has 4 rings (SSSR count). The zero-order valence-electron chi connectivity index (χ0n) is 19.8. The SMILES string of the molecule is COC(=O)c1csc(-n2c(-c3ccc(S(=O)(=O)N[C@@H](C)C(F)(F)F)cn3)c(C#N)c3cc(F)c(C)cc32)n1. The van der Waals surface area contributed by atoms with Gasteiger partial charge in [0.05, 0.1) is 29.6 Å². The molecule has 0 saturated carbocycles. The minimum absolute atomic E-state index is 0.0133. The third kappa shape index (κ3) is 4.85. The molecule has 0 saturated heterocycles. The highest BCUT2D eigenvalue weighted by Crippen LogP contribution is 2.37. The highest BCUT2D eigenvalue weighted by molar-refractivity contribution is 7.89. The number of pyridine rings is 1. The zero-order chi connectivity index (χ0) is 28.0. The molecule has 0 bridgehead atoms. The van der Waals surface area contributed by atoms with Crippen LogP contribution in [-0.2, 0) is 14.8 Å². The maximum absolute atomic E-state index is 14.5. The van der Waals surface area contributed by atoms with Crippen LogP contribution in [0.3, 0.4) is 0 Å². The van der Waals surface area contributed by atoms with Crippen LogP contribution in [0.15, 0.2) is 40.7 Å². The maximum Gasteiger partial charge on any atom is 0.404 e. The summed E-state index contributed by atoms with van der Waals surface area (Å²) in [6, 6.07) is 4.55. The van der Waals surface area contributed by atoms with Gasteiger partial charge in [-0.2, -0.15) is 23.2 Å². The largest absolute Gasteiger partial charge is 0.464 e. The fraction of sp³-hybridized carbons (Fsp3) is 0.217. The van der Waals surface area contributed by atoms with Crippen LogP contribution < -0.4 is 4.72 Å². The summed E-state index contributed by atoms with van der Waals surface area (Å²) in [5, 5.41) is 11.8. The first-order valence-electron chi connectivity index (χ1n) is 10.6. The van der Waals surface area contributed by atoms with Crippen LogP contribution in [0.1, 0.15) is 28.5 Å². The standard InChI is InChI=1S/C23H17F4N5O4S2/c1-11-6-19-14(7-16(11)24)15(8-28)20(32(19)22-30-18(10-37-22)21(33)36-3)17-5-4-13(9-29-17)38(34,35)31-12(2)23(25,26)27/h4-7,9-10,12,31H,1-3H3/t12-/m0/s1. The van der Waals surface area contributed by atoms with E-state index in [2.05, 4.69) is 9.97 Å². The van der Waals surface area contributed by atoms with Crippen LogP contribution >= 0.6 is 11.3 Å². The number of ether oxygens (including phenoxy) is 1. The average molecular weight is 568 g/mol. The Morgan fingerprint density at radius 2 is 2.00 bits per heavy atom. The molecule has 38 heavy (non-hydrogen) atoms. The molecule has 0 radical (unpaired) electrons. The van der Waals surface area contributed by atoms with Gasteiger partial charge >= 0.3 is 12.1 Å². The molecule has 1 atom stereocenters. The summed E-state index contributed by atoms with van der Waals surface area (Å²) in [7, 11) is -3.40. The second-order valence-electron chi connectivity index (χ2n) is 8.06. The van der Waals surface area contributed by atoms with Crippen LogP contribution in [0, 0.1) is 24.1 Å². The van der Waals surface area contributed by atoms with Crippen LogP contribution in [-0.4, -0.2) is 48.3 Å². The summed E-state index contributed by atoms with van der Waals surface area (Å²) in [6.07, 6.45) is -3.95. The molecule has 3 heterocycles. The number of nitrogens with zero attached hydrogens (tertiary/aromatic N) is 4. The first kappa shape index (κ1) is 27.2. The van der Waals surface area contributed by atoms with Crippen LogP contribution in [0.25, 0.3) is 27.4 Å². The van der Waals surface area contributed by atoms with Crippen molar-refractivity contribution in [1.29, 1.82) is 5.26 Å². The average Bonchev–Trinajstić information content (AvgIpc) is 3.45. The van der Waals surface area contributed by atoms with E-state index in [0.29, 0.717) is 12.4 Å². The number of hydrogen-bond donors (Lipinski definition) is 1. The molecule has 15 heteroatoms. The Bertz CT molecular complexity index is 1700. The van der Waals surface area contributed by atoms with E-state index in [0.717, 1.165) is 23.6 Å². The summed E-state index contributed by atoms with van der Waals surface area (Å²) < 4.78 is 85.7. The molecule has 4 aromatic rings. The number of esters is 1. The number of hydrogen-bond acceptors (Lipinski definition) is 8. The van der Waals surface area contributed by atoms with E-state index in [1.165, 1.54) is 42.2 Å². The number of thiazole rings is 1. The van der Waals surface area contributed by atoms with Crippen LogP contribution in [0.4, 0.5) is 17.6 Å². The highest BCUT2D eigenvalue weighted by Gasteiger charge is 2.39. The van der Waals surface area contributed by atoms with E-state index in [1.807, 2.05) is 6.07 Å². The minimum Gasteiger partial charge on any atom is -0.464 e. The van der Waals surface area contributed by atoms with E-state index < -0.39 is 38.9 Å². The lowest BCUT2D eigenvalue weighted by Crippen LogP contribution is -2.42. The molecule has 0 aliphatic rings. The van der Waals surface area contributed by atoms with Gasteiger partial charge in [-0.1, -0.05) is 0 Å². The lowest BCUT2D eigenvalue weighted by Gasteiger charge is -2.17. The molecule has 3 aromatic heterocycles. The maximum atomic E-state index is 14.5. The van der Waals surface area contributed by atoms with E-state index >= 15 is 0 Å². The normalized spacial score (nSPS) is 12.9. The second-order valence-corrected chi connectivity index (χ2v) is 10.6. The summed E-state index contributed by atoms with van der Waals surface area (Å²) in [4.78, 5) is 19.8. The number of aromatic nitrogens is 3. The Labute approximate surface area is 217 Å². The first-order chi connectivity index (χ1) is 17.8. The number of nitrogens with one attached hydrogen (secondary N) is 1.